The van der Waals surface area contributed by atoms with Crippen molar-refractivity contribution in [1.29, 1.82) is 0 Å². The summed E-state index contributed by atoms with van der Waals surface area (Å²) in [5.41, 5.74) is 2.62. The molecule has 0 spiro atoms. The smallest absolute Gasteiger partial charge is 0.139 e. The van der Waals surface area contributed by atoms with Gasteiger partial charge in [-0.3, -0.25) is 4.90 Å². The van der Waals surface area contributed by atoms with Crippen LogP contribution in [0.1, 0.15) is 23.3 Å². The second-order valence-electron chi connectivity index (χ2n) is 7.54. The molecule has 5 nitrogen and oxygen atoms in total. The van der Waals surface area contributed by atoms with Gasteiger partial charge in [-0.05, 0) is 45.0 Å². The Bertz CT molecular complexity index is 881. The Kier molecular flexibility index (Phi) is 5.66. The molecule has 0 radical (unpaired) electrons. The Balaban J connectivity index is 1.67. The van der Waals surface area contributed by atoms with E-state index in [0.717, 1.165) is 61.2 Å². The number of halogens is 1. The highest BCUT2D eigenvalue weighted by molar-refractivity contribution is 7.16. The van der Waals surface area contributed by atoms with Crippen molar-refractivity contribution in [3.63, 3.8) is 0 Å². The zero-order chi connectivity index (χ0) is 19.7. The molecular weight excluding hydrogens is 375 g/mol. The number of methoxy groups -OCH3 is 1. The lowest BCUT2D eigenvalue weighted by molar-refractivity contribution is 0.119. The summed E-state index contributed by atoms with van der Waals surface area (Å²) in [6, 6.07) is 7.41. The number of nitrogens with one attached hydrogen (secondary N) is 1. The van der Waals surface area contributed by atoms with Crippen LogP contribution in [0.25, 0.3) is 0 Å². The van der Waals surface area contributed by atoms with E-state index in [4.69, 9.17) is 9.73 Å². The fraction of sp³-hybridized carbons (Fsp3) is 0.476. The molecule has 0 saturated carbocycles. The lowest BCUT2D eigenvalue weighted by Gasteiger charge is -2.41. The average molecular weight is 403 g/mol. The molecule has 28 heavy (non-hydrogen) atoms. The fourth-order valence-electron chi connectivity index (χ4n) is 3.93. The minimum absolute atomic E-state index is 0.263. The van der Waals surface area contributed by atoms with Crippen molar-refractivity contribution in [2.75, 3.05) is 45.7 Å². The van der Waals surface area contributed by atoms with Gasteiger partial charge >= 0.3 is 0 Å². The Morgan fingerprint density at radius 1 is 1.32 bits per heavy atom. The van der Waals surface area contributed by atoms with E-state index in [2.05, 4.69) is 35.2 Å². The van der Waals surface area contributed by atoms with Crippen LogP contribution in [0.5, 0.6) is 0 Å². The molecule has 1 aromatic heterocycles. The van der Waals surface area contributed by atoms with Gasteiger partial charge in [0.15, 0.2) is 0 Å². The van der Waals surface area contributed by atoms with E-state index in [0.29, 0.717) is 11.7 Å². The van der Waals surface area contributed by atoms with Gasteiger partial charge in [0, 0.05) is 50.3 Å². The number of ether oxygens (including phenoxy) is 1. The van der Waals surface area contributed by atoms with Crippen LogP contribution in [-0.4, -0.2) is 62.1 Å². The van der Waals surface area contributed by atoms with Gasteiger partial charge in [0.25, 0.3) is 0 Å². The first-order valence-electron chi connectivity index (χ1n) is 9.75. The van der Waals surface area contributed by atoms with E-state index >= 15 is 0 Å². The van der Waals surface area contributed by atoms with Crippen molar-refractivity contribution in [3.05, 3.63) is 40.5 Å². The molecule has 1 saturated heterocycles. The fourth-order valence-corrected chi connectivity index (χ4v) is 4.85. The second-order valence-corrected chi connectivity index (χ2v) is 8.79. The van der Waals surface area contributed by atoms with Crippen LogP contribution in [0.15, 0.2) is 29.3 Å². The molecule has 4 rings (SSSR count). The first-order valence-corrected chi connectivity index (χ1v) is 10.6. The maximum absolute atomic E-state index is 13.9. The van der Waals surface area contributed by atoms with E-state index in [9.17, 15) is 4.39 Å². The maximum Gasteiger partial charge on any atom is 0.139 e. The number of rotatable bonds is 4. The molecule has 0 amide bonds. The SMILES string of the molecule is COCCCC1CN(C2=Nc3cc(F)ccc3Nc3sc(C)cc32)CCN1C. The molecule has 2 aliphatic heterocycles. The molecule has 2 aliphatic rings. The molecular formula is C21H27FN4OS. The molecule has 0 bridgehead atoms. The Morgan fingerprint density at radius 3 is 3.00 bits per heavy atom. The van der Waals surface area contributed by atoms with Crippen molar-refractivity contribution in [2.45, 2.75) is 25.8 Å². The van der Waals surface area contributed by atoms with Gasteiger partial charge < -0.3 is 15.0 Å². The predicted octanol–water partition coefficient (Wildman–Crippen LogP) is 4.37. The number of piperazine rings is 1. The zero-order valence-corrected chi connectivity index (χ0v) is 17.5. The molecule has 1 fully saturated rings. The quantitative estimate of drug-likeness (QED) is 0.771. The minimum atomic E-state index is -0.263. The number of fused-ring (bicyclic) bond motifs is 2. The second kappa shape index (κ2) is 8.19. The molecule has 150 valence electrons. The summed E-state index contributed by atoms with van der Waals surface area (Å²) in [7, 11) is 3.94. The number of benzene rings is 1. The number of aliphatic imine (C=N–C) groups is 1. The number of nitrogens with zero attached hydrogens (tertiary/aromatic N) is 3. The lowest BCUT2D eigenvalue weighted by atomic mass is 10.1. The van der Waals surface area contributed by atoms with E-state index in [1.54, 1.807) is 24.5 Å². The van der Waals surface area contributed by atoms with Crippen molar-refractivity contribution in [3.8, 4) is 0 Å². The van der Waals surface area contributed by atoms with Gasteiger partial charge in [0.1, 0.15) is 16.7 Å². The largest absolute Gasteiger partial charge is 0.385 e. The van der Waals surface area contributed by atoms with Crippen LogP contribution in [0.3, 0.4) is 0 Å². The number of likely N-dealkylation sites (N-methyl/N-ethyl adjacent to an activating group) is 1. The van der Waals surface area contributed by atoms with Crippen molar-refractivity contribution in [2.24, 2.45) is 4.99 Å². The molecule has 1 aromatic carbocycles. The molecule has 1 atom stereocenters. The van der Waals surface area contributed by atoms with Crippen LogP contribution in [0, 0.1) is 12.7 Å². The van der Waals surface area contributed by atoms with E-state index in [1.165, 1.54) is 17.0 Å². The van der Waals surface area contributed by atoms with Gasteiger partial charge in [-0.15, -0.1) is 11.3 Å². The molecule has 2 aromatic rings. The summed E-state index contributed by atoms with van der Waals surface area (Å²) in [5, 5.41) is 4.55. The van der Waals surface area contributed by atoms with Crippen molar-refractivity contribution >= 4 is 33.5 Å². The lowest BCUT2D eigenvalue weighted by Crippen LogP contribution is -2.53. The van der Waals surface area contributed by atoms with Gasteiger partial charge in [0.2, 0.25) is 0 Å². The van der Waals surface area contributed by atoms with Crippen molar-refractivity contribution < 1.29 is 9.13 Å². The third-order valence-electron chi connectivity index (χ3n) is 5.49. The van der Waals surface area contributed by atoms with Gasteiger partial charge in [-0.1, -0.05) is 0 Å². The molecule has 3 heterocycles. The van der Waals surface area contributed by atoms with Crippen LogP contribution in [0.2, 0.25) is 0 Å². The van der Waals surface area contributed by atoms with E-state index in [-0.39, 0.29) is 5.82 Å². The third-order valence-corrected chi connectivity index (χ3v) is 6.46. The highest BCUT2D eigenvalue weighted by Gasteiger charge is 2.29. The monoisotopic (exact) mass is 402 g/mol. The Labute approximate surface area is 169 Å². The summed E-state index contributed by atoms with van der Waals surface area (Å²) >= 11 is 1.72. The number of hydrogen-bond donors (Lipinski definition) is 1. The highest BCUT2D eigenvalue weighted by Crippen LogP contribution is 2.39. The number of aryl methyl sites for hydroxylation is 1. The minimum Gasteiger partial charge on any atom is -0.385 e. The van der Waals surface area contributed by atoms with Gasteiger partial charge in [-0.2, -0.15) is 0 Å². The summed E-state index contributed by atoms with van der Waals surface area (Å²) in [5.74, 6) is 0.682. The first-order chi connectivity index (χ1) is 13.5. The van der Waals surface area contributed by atoms with E-state index < -0.39 is 0 Å². The normalized spacial score (nSPS) is 19.5. The molecule has 7 heteroatoms. The van der Waals surface area contributed by atoms with Gasteiger partial charge in [-0.25, -0.2) is 9.38 Å². The summed E-state index contributed by atoms with van der Waals surface area (Å²) < 4.78 is 19.1. The molecule has 1 unspecified atom stereocenters. The summed E-state index contributed by atoms with van der Waals surface area (Å²) in [6.07, 6.45) is 2.14. The maximum atomic E-state index is 13.9. The Hall–Kier alpha value is -1.96. The van der Waals surface area contributed by atoms with Crippen LogP contribution in [-0.2, 0) is 4.74 Å². The van der Waals surface area contributed by atoms with Crippen LogP contribution >= 0.6 is 11.3 Å². The molecule has 0 aliphatic carbocycles. The summed E-state index contributed by atoms with van der Waals surface area (Å²) in [6.45, 7) is 5.71. The standard InChI is InChI=1S/C21H27FN4OS/c1-14-11-17-20(26-9-8-25(2)16(13-26)5-4-10-27-3)23-19-12-15(22)6-7-18(19)24-21(17)28-14/h6-7,11-12,16,24H,4-5,8-10,13H2,1-3H3. The third kappa shape index (κ3) is 3.92. The van der Waals surface area contributed by atoms with Crippen molar-refractivity contribution in [1.82, 2.24) is 9.80 Å². The van der Waals surface area contributed by atoms with Gasteiger partial charge in [0.05, 0.1) is 16.9 Å². The first kappa shape index (κ1) is 19.4. The summed E-state index contributed by atoms with van der Waals surface area (Å²) in [4.78, 5) is 11.0. The van der Waals surface area contributed by atoms with Crippen LogP contribution < -0.4 is 5.32 Å². The predicted molar refractivity (Wildman–Crippen MR) is 114 cm³/mol. The topological polar surface area (TPSA) is 40.1 Å². The highest BCUT2D eigenvalue weighted by atomic mass is 32.1. The Morgan fingerprint density at radius 2 is 2.18 bits per heavy atom. The number of amidine groups is 1. The zero-order valence-electron chi connectivity index (χ0n) is 16.7. The molecule has 1 N–H and O–H groups in total. The number of anilines is 2. The number of hydrogen-bond acceptors (Lipinski definition) is 6. The van der Waals surface area contributed by atoms with Crippen LogP contribution in [0.4, 0.5) is 20.8 Å². The van der Waals surface area contributed by atoms with E-state index in [1.807, 2.05) is 0 Å². The average Bonchev–Trinajstić information content (AvgIpc) is 2.96. The number of thiophene rings is 1.